The van der Waals surface area contributed by atoms with Crippen LogP contribution in [0.25, 0.3) is 0 Å². The van der Waals surface area contributed by atoms with Gasteiger partial charge in [0.15, 0.2) is 0 Å². The number of hydrogen-bond donors (Lipinski definition) is 0. The van der Waals surface area contributed by atoms with Crippen LogP contribution in [0.15, 0.2) is 0 Å². The van der Waals surface area contributed by atoms with E-state index in [1.165, 1.54) is 0 Å². The first-order valence-electron chi connectivity index (χ1n) is 5.60. The fraction of sp³-hybridized carbons (Fsp3) is 0.636. The van der Waals surface area contributed by atoms with Crippen molar-refractivity contribution in [3.63, 3.8) is 0 Å². The fourth-order valence-electron chi connectivity index (χ4n) is 3.05. The van der Waals surface area contributed by atoms with E-state index in [0.717, 1.165) is 0 Å². The second-order valence-corrected chi connectivity index (χ2v) is 4.68. The maximum Gasteiger partial charge on any atom is 0.318 e. The van der Waals surface area contributed by atoms with Gasteiger partial charge in [-0.25, -0.2) is 0 Å². The molecule has 6 heteroatoms. The largest absolute Gasteiger partial charge is 0.393 e. The highest BCUT2D eigenvalue weighted by atomic mass is 16.6. The third kappa shape index (κ3) is 1.33. The third-order valence-corrected chi connectivity index (χ3v) is 3.84. The van der Waals surface area contributed by atoms with Gasteiger partial charge >= 0.3 is 23.9 Å². The van der Waals surface area contributed by atoms with Gasteiger partial charge in [-0.2, -0.15) is 0 Å². The summed E-state index contributed by atoms with van der Waals surface area (Å²) >= 11 is 0. The Morgan fingerprint density at radius 3 is 1.53 bits per heavy atom. The molecule has 3 fully saturated rings. The summed E-state index contributed by atoms with van der Waals surface area (Å²) in [5, 5.41) is 0. The second kappa shape index (κ2) is 3.38. The van der Waals surface area contributed by atoms with Gasteiger partial charge in [-0.15, -0.1) is 0 Å². The normalized spacial score (nSPS) is 40.5. The molecule has 4 atom stereocenters. The third-order valence-electron chi connectivity index (χ3n) is 3.84. The minimum absolute atomic E-state index is 0.489. The highest BCUT2D eigenvalue weighted by Gasteiger charge is 2.59. The van der Waals surface area contributed by atoms with Crippen LogP contribution in [-0.4, -0.2) is 23.9 Å². The average molecular weight is 238 g/mol. The second-order valence-electron chi connectivity index (χ2n) is 4.68. The van der Waals surface area contributed by atoms with Crippen molar-refractivity contribution in [3.05, 3.63) is 0 Å². The van der Waals surface area contributed by atoms with E-state index >= 15 is 0 Å². The number of ether oxygens (including phenoxy) is 2. The molecule has 2 heterocycles. The summed E-state index contributed by atoms with van der Waals surface area (Å²) in [6, 6.07) is 0. The molecule has 2 aliphatic heterocycles. The van der Waals surface area contributed by atoms with Crippen LogP contribution >= 0.6 is 0 Å². The van der Waals surface area contributed by atoms with Crippen molar-refractivity contribution in [1.82, 2.24) is 0 Å². The zero-order chi connectivity index (χ0) is 12.2. The Kier molecular flexibility index (Phi) is 2.08. The van der Waals surface area contributed by atoms with E-state index in [1.54, 1.807) is 0 Å². The molecule has 6 nitrogen and oxygen atoms in total. The fourth-order valence-corrected chi connectivity index (χ4v) is 3.05. The molecule has 0 spiro atoms. The minimum atomic E-state index is -0.825. The van der Waals surface area contributed by atoms with E-state index in [0.29, 0.717) is 19.3 Å². The predicted molar refractivity (Wildman–Crippen MR) is 50.0 cm³/mol. The van der Waals surface area contributed by atoms with Gasteiger partial charge in [0.2, 0.25) is 0 Å². The maximum atomic E-state index is 11.6. The molecule has 90 valence electrons. The van der Waals surface area contributed by atoms with Crippen molar-refractivity contribution in [1.29, 1.82) is 0 Å². The SMILES string of the molecule is O=C1OC(=O)C2C1CCCC1C(=O)OC(=O)C12. The molecule has 0 aromatic carbocycles. The lowest BCUT2D eigenvalue weighted by Gasteiger charge is -2.15. The molecule has 1 saturated carbocycles. The summed E-state index contributed by atoms with van der Waals surface area (Å²) in [5.41, 5.74) is 0. The number of rotatable bonds is 0. The molecular weight excluding hydrogens is 228 g/mol. The van der Waals surface area contributed by atoms with Crippen molar-refractivity contribution in [2.45, 2.75) is 19.3 Å². The standard InChI is InChI=1S/C11H10O6/c12-8-4-2-1-3-5-7(6(4)10(14)16-8)11(15)17-9(5)13/h4-7H,1-3H2. The highest BCUT2D eigenvalue weighted by Crippen LogP contribution is 2.45. The van der Waals surface area contributed by atoms with E-state index in [9.17, 15) is 19.2 Å². The molecule has 0 aromatic rings. The van der Waals surface area contributed by atoms with Gasteiger partial charge in [0.05, 0.1) is 23.7 Å². The Hall–Kier alpha value is -1.72. The Labute approximate surface area is 96.2 Å². The van der Waals surface area contributed by atoms with Crippen molar-refractivity contribution in [3.8, 4) is 0 Å². The molecule has 3 aliphatic rings. The van der Waals surface area contributed by atoms with Crippen LogP contribution in [0.5, 0.6) is 0 Å². The van der Waals surface area contributed by atoms with Crippen LogP contribution in [0.4, 0.5) is 0 Å². The van der Waals surface area contributed by atoms with Crippen LogP contribution in [0.1, 0.15) is 19.3 Å². The Balaban J connectivity index is 2.02. The molecule has 0 amide bonds. The Morgan fingerprint density at radius 2 is 1.12 bits per heavy atom. The molecule has 0 aromatic heterocycles. The van der Waals surface area contributed by atoms with E-state index in [-0.39, 0.29) is 0 Å². The number of cyclic esters (lactones) is 4. The van der Waals surface area contributed by atoms with Gasteiger partial charge in [0.1, 0.15) is 0 Å². The molecule has 2 saturated heterocycles. The van der Waals surface area contributed by atoms with Crippen LogP contribution in [0.3, 0.4) is 0 Å². The van der Waals surface area contributed by atoms with Gasteiger partial charge in [0, 0.05) is 0 Å². The van der Waals surface area contributed by atoms with Crippen LogP contribution in [0, 0.1) is 23.7 Å². The van der Waals surface area contributed by atoms with Gasteiger partial charge in [-0.3, -0.25) is 19.2 Å². The number of carbonyl (C=O) groups excluding carboxylic acids is 4. The maximum absolute atomic E-state index is 11.6. The van der Waals surface area contributed by atoms with Crippen molar-refractivity contribution < 1.29 is 28.7 Å². The number of carbonyl (C=O) groups is 4. The number of esters is 4. The summed E-state index contributed by atoms with van der Waals surface area (Å²) < 4.78 is 9.12. The first-order chi connectivity index (χ1) is 8.09. The minimum Gasteiger partial charge on any atom is -0.393 e. The van der Waals surface area contributed by atoms with E-state index in [4.69, 9.17) is 0 Å². The lowest BCUT2D eigenvalue weighted by molar-refractivity contribution is -0.158. The summed E-state index contributed by atoms with van der Waals surface area (Å²) in [6.45, 7) is 0. The lowest BCUT2D eigenvalue weighted by Crippen LogP contribution is -2.31. The smallest absolute Gasteiger partial charge is 0.318 e. The van der Waals surface area contributed by atoms with Gasteiger partial charge in [-0.1, -0.05) is 6.42 Å². The van der Waals surface area contributed by atoms with Crippen molar-refractivity contribution >= 4 is 23.9 Å². The summed E-state index contributed by atoms with van der Waals surface area (Å²) in [4.78, 5) is 46.1. The van der Waals surface area contributed by atoms with Gasteiger partial charge < -0.3 is 9.47 Å². The zero-order valence-corrected chi connectivity index (χ0v) is 8.88. The van der Waals surface area contributed by atoms with Crippen LogP contribution in [-0.2, 0) is 28.7 Å². The topological polar surface area (TPSA) is 86.7 Å². The lowest BCUT2D eigenvalue weighted by atomic mass is 9.78. The molecule has 1 aliphatic carbocycles. The highest BCUT2D eigenvalue weighted by molar-refractivity contribution is 6.03. The van der Waals surface area contributed by atoms with Gasteiger partial charge in [0.25, 0.3) is 0 Å². The van der Waals surface area contributed by atoms with E-state index < -0.39 is 47.5 Å². The van der Waals surface area contributed by atoms with Crippen LogP contribution < -0.4 is 0 Å². The first kappa shape index (κ1) is 10.4. The Morgan fingerprint density at radius 1 is 0.706 bits per heavy atom. The van der Waals surface area contributed by atoms with Crippen molar-refractivity contribution in [2.75, 3.05) is 0 Å². The molecule has 0 bridgehead atoms. The van der Waals surface area contributed by atoms with Crippen LogP contribution in [0.2, 0.25) is 0 Å². The van der Waals surface area contributed by atoms with E-state index in [1.807, 2.05) is 0 Å². The Bertz CT molecular complexity index is 399. The van der Waals surface area contributed by atoms with E-state index in [2.05, 4.69) is 9.47 Å². The zero-order valence-electron chi connectivity index (χ0n) is 8.88. The molecule has 0 N–H and O–H groups in total. The summed E-state index contributed by atoms with van der Waals surface area (Å²) in [5.74, 6) is -5.36. The predicted octanol–water partition coefficient (Wildman–Crippen LogP) is -0.198. The van der Waals surface area contributed by atoms with Gasteiger partial charge in [-0.05, 0) is 12.8 Å². The molecule has 4 unspecified atom stereocenters. The summed E-state index contributed by atoms with van der Waals surface area (Å²) in [6.07, 6.45) is 1.60. The quantitative estimate of drug-likeness (QED) is 0.429. The summed E-state index contributed by atoms with van der Waals surface area (Å²) in [7, 11) is 0. The molecule has 3 rings (SSSR count). The first-order valence-corrected chi connectivity index (χ1v) is 5.60. The molecular formula is C11H10O6. The molecule has 17 heavy (non-hydrogen) atoms. The number of hydrogen-bond acceptors (Lipinski definition) is 6. The van der Waals surface area contributed by atoms with Crippen molar-refractivity contribution in [2.24, 2.45) is 23.7 Å². The molecule has 0 radical (unpaired) electrons. The number of fused-ring (bicyclic) bond motifs is 3. The monoisotopic (exact) mass is 238 g/mol. The average Bonchev–Trinajstić information content (AvgIpc) is 2.60.